The van der Waals surface area contributed by atoms with E-state index in [9.17, 15) is 0 Å². The summed E-state index contributed by atoms with van der Waals surface area (Å²) in [4.78, 5) is 0. The quantitative estimate of drug-likeness (QED) is 0.173. The molecule has 1 atom stereocenters. The van der Waals surface area contributed by atoms with Crippen molar-refractivity contribution in [3.05, 3.63) is 198 Å². The number of hydrogen-bond acceptors (Lipinski definition) is 0. The van der Waals surface area contributed by atoms with Crippen LogP contribution in [0.5, 0.6) is 0 Å². The van der Waals surface area contributed by atoms with Gasteiger partial charge in [-0.05, 0) is 74.3 Å². The highest BCUT2D eigenvalue weighted by Gasteiger charge is 2.36. The summed E-state index contributed by atoms with van der Waals surface area (Å²) in [5, 5.41) is 2.58. The Morgan fingerprint density at radius 2 is 0.915 bits per heavy atom. The highest BCUT2D eigenvalue weighted by molar-refractivity contribution is 6.09. The fourth-order valence-corrected chi connectivity index (χ4v) is 7.98. The molecule has 1 heteroatoms. The van der Waals surface area contributed by atoms with E-state index in [2.05, 4.69) is 188 Å². The minimum Gasteiger partial charge on any atom is -0.309 e. The summed E-state index contributed by atoms with van der Waals surface area (Å²) >= 11 is 0. The normalized spacial score (nSPS) is 13.8. The topological polar surface area (TPSA) is 4.93 Å². The molecule has 0 N–H and O–H groups in total. The van der Waals surface area contributed by atoms with E-state index in [-0.39, 0.29) is 11.3 Å². The lowest BCUT2D eigenvalue weighted by Gasteiger charge is -2.25. The smallest absolute Gasteiger partial charge is 0.0541 e. The van der Waals surface area contributed by atoms with Gasteiger partial charge in [0.1, 0.15) is 0 Å². The summed E-state index contributed by atoms with van der Waals surface area (Å²) in [5.41, 5.74) is 15.4. The summed E-state index contributed by atoms with van der Waals surface area (Å²) in [6.45, 7) is 4.78. The predicted molar refractivity (Wildman–Crippen MR) is 198 cm³/mol. The molecule has 1 aliphatic rings. The molecule has 0 spiro atoms. The number of nitrogens with zero attached hydrogens (tertiary/aromatic N) is 1. The first-order chi connectivity index (χ1) is 23.1. The summed E-state index contributed by atoms with van der Waals surface area (Å²) in [7, 11) is 0. The Hall–Kier alpha value is -5.66. The molecule has 1 nitrogen and oxygen atoms in total. The van der Waals surface area contributed by atoms with E-state index in [0.717, 1.165) is 0 Å². The Bertz CT molecular complexity index is 2360. The van der Waals surface area contributed by atoms with Crippen molar-refractivity contribution in [2.24, 2.45) is 0 Å². The van der Waals surface area contributed by atoms with Crippen LogP contribution in [-0.4, -0.2) is 4.57 Å². The second kappa shape index (κ2) is 10.7. The minimum atomic E-state index is -0.145. The highest BCUT2D eigenvalue weighted by Crippen LogP contribution is 2.51. The zero-order chi connectivity index (χ0) is 31.5. The van der Waals surface area contributed by atoms with Gasteiger partial charge in [-0.3, -0.25) is 0 Å². The third kappa shape index (κ3) is 4.38. The number of rotatable bonds is 5. The van der Waals surface area contributed by atoms with Crippen LogP contribution in [0.4, 0.5) is 0 Å². The molecule has 8 aromatic rings. The van der Waals surface area contributed by atoms with Gasteiger partial charge in [-0.15, -0.1) is 0 Å². The van der Waals surface area contributed by atoms with Crippen LogP contribution in [0.15, 0.2) is 170 Å². The van der Waals surface area contributed by atoms with Crippen molar-refractivity contribution in [2.45, 2.75) is 25.2 Å². The highest BCUT2D eigenvalue weighted by atomic mass is 15.0. The van der Waals surface area contributed by atoms with Crippen LogP contribution in [-0.2, 0) is 5.41 Å². The van der Waals surface area contributed by atoms with Gasteiger partial charge >= 0.3 is 0 Å². The summed E-state index contributed by atoms with van der Waals surface area (Å²) in [5.74, 6) is 0.138. The Morgan fingerprint density at radius 1 is 0.426 bits per heavy atom. The lowest BCUT2D eigenvalue weighted by Crippen LogP contribution is -2.16. The second-order valence-electron chi connectivity index (χ2n) is 13.4. The van der Waals surface area contributed by atoms with Crippen molar-refractivity contribution in [2.75, 3.05) is 0 Å². The standard InChI is InChI=1S/C46H35N/c1-46(2)41-29-35(45(33-15-7-4-8-16-33)34-23-21-32(22-24-34)31-13-5-3-6-14-31)25-27-37(41)38-28-26-36(30-42(38)46)47-43-19-11-9-17-39(43)40-18-10-12-20-44(40)47/h3-30,45H,1-2H3. The summed E-state index contributed by atoms with van der Waals surface area (Å²) in [6.07, 6.45) is 0. The molecule has 0 radical (unpaired) electrons. The van der Waals surface area contributed by atoms with Crippen molar-refractivity contribution < 1.29 is 0 Å². The molecule has 1 unspecified atom stereocenters. The van der Waals surface area contributed by atoms with Gasteiger partial charge in [-0.25, -0.2) is 0 Å². The largest absolute Gasteiger partial charge is 0.309 e. The zero-order valence-electron chi connectivity index (χ0n) is 26.7. The molecule has 1 heterocycles. The molecule has 0 fully saturated rings. The molecule has 0 saturated carbocycles. The van der Waals surface area contributed by atoms with Crippen LogP contribution in [0.25, 0.3) is 49.7 Å². The molecule has 0 bridgehead atoms. The Kier molecular flexibility index (Phi) is 6.30. The fraction of sp³-hybridized carbons (Fsp3) is 0.0870. The molecule has 9 rings (SSSR count). The molecule has 0 aliphatic heterocycles. The lowest BCUT2D eigenvalue weighted by atomic mass is 9.79. The minimum absolute atomic E-state index is 0.138. The van der Waals surface area contributed by atoms with Gasteiger partial charge in [-0.1, -0.05) is 159 Å². The number of para-hydroxylation sites is 2. The molecule has 0 amide bonds. The van der Waals surface area contributed by atoms with Crippen molar-refractivity contribution >= 4 is 21.8 Å². The van der Waals surface area contributed by atoms with E-state index in [1.165, 1.54) is 77.6 Å². The number of hydrogen-bond donors (Lipinski definition) is 0. The third-order valence-corrected chi connectivity index (χ3v) is 10.3. The van der Waals surface area contributed by atoms with Crippen LogP contribution >= 0.6 is 0 Å². The maximum absolute atomic E-state index is 2.48. The van der Waals surface area contributed by atoms with Crippen LogP contribution in [0.3, 0.4) is 0 Å². The van der Waals surface area contributed by atoms with E-state index >= 15 is 0 Å². The van der Waals surface area contributed by atoms with Crippen LogP contribution < -0.4 is 0 Å². The first-order valence-corrected chi connectivity index (χ1v) is 16.6. The molecule has 1 aromatic heterocycles. The SMILES string of the molecule is CC1(C)c2cc(C(c3ccccc3)c3ccc(-c4ccccc4)cc3)ccc2-c2ccc(-n3c4ccccc4c4ccccc43)cc21. The molecular weight excluding hydrogens is 567 g/mol. The molecule has 224 valence electrons. The van der Waals surface area contributed by atoms with Crippen LogP contribution in [0, 0.1) is 0 Å². The molecule has 47 heavy (non-hydrogen) atoms. The van der Waals surface area contributed by atoms with Gasteiger partial charge in [0.05, 0.1) is 11.0 Å². The Balaban J connectivity index is 1.15. The molecule has 7 aromatic carbocycles. The molecule has 0 saturated heterocycles. The van der Waals surface area contributed by atoms with E-state index in [4.69, 9.17) is 0 Å². The van der Waals surface area contributed by atoms with E-state index in [0.29, 0.717) is 0 Å². The fourth-order valence-electron chi connectivity index (χ4n) is 7.98. The summed E-state index contributed by atoms with van der Waals surface area (Å²) in [6, 6.07) is 62.6. The van der Waals surface area contributed by atoms with Gasteiger partial charge in [0.2, 0.25) is 0 Å². The van der Waals surface area contributed by atoms with Gasteiger partial charge < -0.3 is 4.57 Å². The number of benzene rings is 7. The van der Waals surface area contributed by atoms with E-state index < -0.39 is 0 Å². The lowest BCUT2D eigenvalue weighted by molar-refractivity contribution is 0.658. The van der Waals surface area contributed by atoms with Crippen molar-refractivity contribution in [1.29, 1.82) is 0 Å². The van der Waals surface area contributed by atoms with Crippen LogP contribution in [0.2, 0.25) is 0 Å². The first kappa shape index (κ1) is 27.6. The predicted octanol–water partition coefficient (Wildman–Crippen LogP) is 11.9. The van der Waals surface area contributed by atoms with Gasteiger partial charge in [-0.2, -0.15) is 0 Å². The monoisotopic (exact) mass is 601 g/mol. The Labute approximate surface area is 276 Å². The van der Waals surface area contributed by atoms with Crippen molar-refractivity contribution in [3.63, 3.8) is 0 Å². The second-order valence-corrected chi connectivity index (χ2v) is 13.4. The summed E-state index contributed by atoms with van der Waals surface area (Å²) < 4.78 is 2.43. The van der Waals surface area contributed by atoms with Gasteiger partial charge in [0, 0.05) is 27.8 Å². The first-order valence-electron chi connectivity index (χ1n) is 16.6. The van der Waals surface area contributed by atoms with Crippen molar-refractivity contribution in [3.8, 4) is 27.9 Å². The maximum atomic E-state index is 2.48. The van der Waals surface area contributed by atoms with Gasteiger partial charge in [0.15, 0.2) is 0 Å². The van der Waals surface area contributed by atoms with Crippen molar-refractivity contribution in [1.82, 2.24) is 4.57 Å². The number of fused-ring (bicyclic) bond motifs is 6. The Morgan fingerprint density at radius 3 is 1.57 bits per heavy atom. The van der Waals surface area contributed by atoms with E-state index in [1.54, 1.807) is 0 Å². The van der Waals surface area contributed by atoms with Gasteiger partial charge in [0.25, 0.3) is 0 Å². The zero-order valence-corrected chi connectivity index (χ0v) is 26.7. The number of aromatic nitrogens is 1. The molecule has 1 aliphatic carbocycles. The maximum Gasteiger partial charge on any atom is 0.0541 e. The van der Waals surface area contributed by atoms with Crippen LogP contribution in [0.1, 0.15) is 47.6 Å². The molecular formula is C46H35N. The average Bonchev–Trinajstić information content (AvgIpc) is 3.58. The average molecular weight is 602 g/mol. The third-order valence-electron chi connectivity index (χ3n) is 10.3. The van der Waals surface area contributed by atoms with E-state index in [1.807, 2.05) is 0 Å².